The SMILES string of the molecule is NC(=NC(=O)c1ccccc1)/C(F)=C\NS(=O)(=O)c1ccccc1. The first-order valence-corrected chi connectivity index (χ1v) is 8.25. The molecule has 0 aliphatic carbocycles. The van der Waals surface area contributed by atoms with Crippen molar-refractivity contribution in [3.05, 3.63) is 78.3 Å². The number of carbonyl (C=O) groups is 1. The Balaban J connectivity index is 2.13. The quantitative estimate of drug-likeness (QED) is 0.638. The molecule has 3 N–H and O–H groups in total. The zero-order valence-electron chi connectivity index (χ0n) is 12.4. The Kier molecular flexibility index (Phi) is 5.43. The van der Waals surface area contributed by atoms with Crippen molar-refractivity contribution >= 4 is 21.8 Å². The molecule has 24 heavy (non-hydrogen) atoms. The highest BCUT2D eigenvalue weighted by molar-refractivity contribution is 7.89. The van der Waals surface area contributed by atoms with Crippen molar-refractivity contribution < 1.29 is 17.6 Å². The summed E-state index contributed by atoms with van der Waals surface area (Å²) in [7, 11) is -3.93. The standard InChI is InChI=1S/C16H14FN3O3S/c17-14(11-19-24(22,23)13-9-5-2-6-10-13)15(18)20-16(21)12-7-3-1-4-8-12/h1-11,19H,(H2,18,20,21)/b14-11+. The number of carbonyl (C=O) groups excluding carboxylic acids is 1. The van der Waals surface area contributed by atoms with Gasteiger partial charge in [0.25, 0.3) is 15.9 Å². The van der Waals surface area contributed by atoms with Crippen LogP contribution in [0.1, 0.15) is 10.4 Å². The van der Waals surface area contributed by atoms with E-state index in [1.165, 1.54) is 36.4 Å². The summed E-state index contributed by atoms with van der Waals surface area (Å²) in [6, 6.07) is 15.4. The van der Waals surface area contributed by atoms with Crippen LogP contribution >= 0.6 is 0 Å². The number of nitrogens with two attached hydrogens (primary N) is 1. The highest BCUT2D eigenvalue weighted by atomic mass is 32.2. The third kappa shape index (κ3) is 4.50. The van der Waals surface area contributed by atoms with Crippen LogP contribution in [-0.4, -0.2) is 20.2 Å². The largest absolute Gasteiger partial charge is 0.381 e. The monoisotopic (exact) mass is 347 g/mol. The first kappa shape index (κ1) is 17.4. The van der Waals surface area contributed by atoms with Gasteiger partial charge in [0.05, 0.1) is 11.1 Å². The predicted octanol–water partition coefficient (Wildman–Crippen LogP) is 1.97. The smallest absolute Gasteiger partial charge is 0.279 e. The lowest BCUT2D eigenvalue weighted by Crippen LogP contribution is -2.21. The van der Waals surface area contributed by atoms with E-state index in [-0.39, 0.29) is 10.5 Å². The fourth-order valence-electron chi connectivity index (χ4n) is 1.68. The van der Waals surface area contributed by atoms with Gasteiger partial charge in [0.1, 0.15) is 0 Å². The number of amidine groups is 1. The molecule has 0 fully saturated rings. The number of nitrogens with one attached hydrogen (secondary N) is 1. The minimum absolute atomic E-state index is 0.0371. The Morgan fingerprint density at radius 2 is 1.58 bits per heavy atom. The Hall–Kier alpha value is -3.00. The maximum absolute atomic E-state index is 13.8. The van der Waals surface area contributed by atoms with Gasteiger partial charge in [-0.15, -0.1) is 0 Å². The second-order valence-electron chi connectivity index (χ2n) is 4.59. The van der Waals surface area contributed by atoms with Crippen molar-refractivity contribution in [1.29, 1.82) is 0 Å². The molecular formula is C16H14FN3O3S. The number of hydrogen-bond donors (Lipinski definition) is 2. The van der Waals surface area contributed by atoms with Gasteiger partial charge in [-0.1, -0.05) is 36.4 Å². The van der Waals surface area contributed by atoms with Crippen molar-refractivity contribution in [2.75, 3.05) is 0 Å². The number of amides is 1. The predicted molar refractivity (Wildman–Crippen MR) is 88.3 cm³/mol. The first-order valence-electron chi connectivity index (χ1n) is 6.77. The summed E-state index contributed by atoms with van der Waals surface area (Å²) in [5, 5.41) is 0. The zero-order chi connectivity index (χ0) is 17.6. The van der Waals surface area contributed by atoms with Crippen molar-refractivity contribution in [2.24, 2.45) is 10.7 Å². The van der Waals surface area contributed by atoms with E-state index in [4.69, 9.17) is 5.73 Å². The normalized spacial score (nSPS) is 12.7. The Morgan fingerprint density at radius 3 is 2.17 bits per heavy atom. The minimum atomic E-state index is -3.93. The number of halogens is 1. The van der Waals surface area contributed by atoms with Gasteiger partial charge in [0.2, 0.25) is 0 Å². The number of aliphatic imine (C=N–C) groups is 1. The van der Waals surface area contributed by atoms with Gasteiger partial charge in [0, 0.05) is 5.56 Å². The third-order valence-corrected chi connectivity index (χ3v) is 4.20. The molecule has 8 heteroatoms. The van der Waals surface area contributed by atoms with Crippen LogP contribution in [0.25, 0.3) is 0 Å². The van der Waals surface area contributed by atoms with Crippen LogP contribution in [0.4, 0.5) is 4.39 Å². The highest BCUT2D eigenvalue weighted by Crippen LogP contribution is 2.08. The van der Waals surface area contributed by atoms with E-state index in [2.05, 4.69) is 4.99 Å². The number of hydrogen-bond acceptors (Lipinski definition) is 3. The number of benzene rings is 2. The molecule has 124 valence electrons. The topological polar surface area (TPSA) is 102 Å². The van der Waals surface area contributed by atoms with E-state index >= 15 is 0 Å². The average molecular weight is 347 g/mol. The molecule has 0 saturated heterocycles. The van der Waals surface area contributed by atoms with Crippen LogP contribution in [0.2, 0.25) is 0 Å². The molecule has 0 spiro atoms. The molecule has 0 saturated carbocycles. The van der Waals surface area contributed by atoms with Gasteiger partial charge in [-0.25, -0.2) is 12.8 Å². The summed E-state index contributed by atoms with van der Waals surface area (Å²) in [4.78, 5) is 15.1. The van der Waals surface area contributed by atoms with Gasteiger partial charge in [0.15, 0.2) is 11.7 Å². The maximum Gasteiger partial charge on any atom is 0.279 e. The van der Waals surface area contributed by atoms with Gasteiger partial charge in [-0.3, -0.25) is 9.52 Å². The summed E-state index contributed by atoms with van der Waals surface area (Å²) in [5.41, 5.74) is 5.61. The van der Waals surface area contributed by atoms with E-state index in [1.54, 1.807) is 24.3 Å². The lowest BCUT2D eigenvalue weighted by atomic mass is 10.2. The fourth-order valence-corrected chi connectivity index (χ4v) is 2.59. The Morgan fingerprint density at radius 1 is 1.04 bits per heavy atom. The summed E-state index contributed by atoms with van der Waals surface area (Å²) in [6.45, 7) is 0. The molecule has 0 unspecified atom stereocenters. The van der Waals surface area contributed by atoms with E-state index in [9.17, 15) is 17.6 Å². The molecule has 2 aromatic rings. The molecule has 0 aliphatic rings. The zero-order valence-corrected chi connectivity index (χ0v) is 13.2. The van der Waals surface area contributed by atoms with Crippen molar-refractivity contribution in [3.8, 4) is 0 Å². The molecule has 2 rings (SSSR count). The van der Waals surface area contributed by atoms with Crippen LogP contribution in [0, 0.1) is 0 Å². The molecule has 1 amide bonds. The summed E-state index contributed by atoms with van der Waals surface area (Å²) < 4.78 is 39.6. The van der Waals surface area contributed by atoms with Gasteiger partial charge >= 0.3 is 0 Å². The van der Waals surface area contributed by atoms with E-state index < -0.39 is 27.6 Å². The van der Waals surface area contributed by atoms with E-state index in [0.29, 0.717) is 6.20 Å². The molecule has 0 bridgehead atoms. The molecule has 0 aromatic heterocycles. The summed E-state index contributed by atoms with van der Waals surface area (Å²) in [5.74, 6) is -2.62. The molecule has 0 heterocycles. The van der Waals surface area contributed by atoms with Gasteiger partial charge in [-0.05, 0) is 24.3 Å². The first-order chi connectivity index (χ1) is 11.4. The number of nitrogens with zero attached hydrogens (tertiary/aromatic N) is 1. The summed E-state index contributed by atoms with van der Waals surface area (Å²) >= 11 is 0. The molecule has 2 aromatic carbocycles. The average Bonchev–Trinajstić information content (AvgIpc) is 2.61. The van der Waals surface area contributed by atoms with Crippen molar-refractivity contribution in [1.82, 2.24) is 4.72 Å². The second kappa shape index (κ2) is 7.51. The number of rotatable bonds is 5. The Bertz CT molecular complexity index is 879. The second-order valence-corrected chi connectivity index (χ2v) is 6.31. The van der Waals surface area contributed by atoms with Crippen LogP contribution in [-0.2, 0) is 10.0 Å². The van der Waals surface area contributed by atoms with E-state index in [1.807, 2.05) is 4.72 Å². The molecule has 6 nitrogen and oxygen atoms in total. The van der Waals surface area contributed by atoms with Crippen LogP contribution in [0.5, 0.6) is 0 Å². The maximum atomic E-state index is 13.8. The third-order valence-electron chi connectivity index (χ3n) is 2.88. The molecule has 0 radical (unpaired) electrons. The van der Waals surface area contributed by atoms with E-state index in [0.717, 1.165) is 0 Å². The molecule has 0 aliphatic heterocycles. The minimum Gasteiger partial charge on any atom is -0.381 e. The number of sulfonamides is 1. The van der Waals surface area contributed by atoms with Gasteiger partial charge in [-0.2, -0.15) is 4.99 Å². The highest BCUT2D eigenvalue weighted by Gasteiger charge is 2.13. The van der Waals surface area contributed by atoms with Crippen LogP contribution in [0.3, 0.4) is 0 Å². The fraction of sp³-hybridized carbons (Fsp3) is 0. The molecular weight excluding hydrogens is 333 g/mol. The summed E-state index contributed by atoms with van der Waals surface area (Å²) in [6.07, 6.45) is 0.541. The lowest BCUT2D eigenvalue weighted by molar-refractivity contribution is 0.100. The van der Waals surface area contributed by atoms with Crippen LogP contribution in [0.15, 0.2) is 82.6 Å². The van der Waals surface area contributed by atoms with Crippen LogP contribution < -0.4 is 10.5 Å². The Labute approximate surface area is 138 Å². The molecule has 0 atom stereocenters. The lowest BCUT2D eigenvalue weighted by Gasteiger charge is -2.04. The van der Waals surface area contributed by atoms with Crippen molar-refractivity contribution in [2.45, 2.75) is 4.90 Å². The van der Waals surface area contributed by atoms with Gasteiger partial charge < -0.3 is 5.73 Å². The van der Waals surface area contributed by atoms with Crippen molar-refractivity contribution in [3.63, 3.8) is 0 Å².